The van der Waals surface area contributed by atoms with Crippen LogP contribution in [-0.2, 0) is 29.5 Å². The van der Waals surface area contributed by atoms with Gasteiger partial charge < -0.3 is 4.74 Å². The van der Waals surface area contributed by atoms with Crippen LogP contribution < -0.4 is 0 Å². The Balaban J connectivity index is 1.68. The molecule has 0 spiro atoms. The van der Waals surface area contributed by atoms with Crippen molar-refractivity contribution in [2.75, 3.05) is 11.5 Å². The maximum atomic E-state index is 5.89. The standard InChI is InChI=1S/C23H32OS2/c1-4-13-25-17-22-9-5-20(6-10-22)14-24-15-21-7-11-23(12-8-21)18-26-16-19(2)3/h5-12,19H,4,13-18H2,1-3H3. The summed E-state index contributed by atoms with van der Waals surface area (Å²) in [6.07, 6.45) is 1.24. The first-order valence-corrected chi connectivity index (χ1v) is 11.9. The molecule has 2 aromatic rings. The zero-order valence-corrected chi connectivity index (χ0v) is 18.0. The van der Waals surface area contributed by atoms with Gasteiger partial charge in [-0.3, -0.25) is 0 Å². The van der Waals surface area contributed by atoms with E-state index in [1.807, 2.05) is 23.5 Å². The van der Waals surface area contributed by atoms with Gasteiger partial charge in [0.2, 0.25) is 0 Å². The first-order valence-electron chi connectivity index (χ1n) is 9.56. The van der Waals surface area contributed by atoms with Crippen LogP contribution in [0.4, 0.5) is 0 Å². The van der Waals surface area contributed by atoms with Crippen molar-refractivity contribution >= 4 is 23.5 Å². The van der Waals surface area contributed by atoms with Gasteiger partial charge in [0.05, 0.1) is 13.2 Å². The highest BCUT2D eigenvalue weighted by Gasteiger charge is 2.00. The first kappa shape index (κ1) is 21.4. The third-order valence-electron chi connectivity index (χ3n) is 3.92. The highest BCUT2D eigenvalue weighted by molar-refractivity contribution is 7.98. The van der Waals surface area contributed by atoms with Crippen molar-refractivity contribution in [3.8, 4) is 0 Å². The molecule has 3 heteroatoms. The molecule has 0 heterocycles. The van der Waals surface area contributed by atoms with E-state index in [2.05, 4.69) is 69.3 Å². The summed E-state index contributed by atoms with van der Waals surface area (Å²) in [5.74, 6) is 5.43. The molecule has 0 aromatic heterocycles. The van der Waals surface area contributed by atoms with E-state index < -0.39 is 0 Å². The van der Waals surface area contributed by atoms with Gasteiger partial charge in [-0.05, 0) is 46.1 Å². The average Bonchev–Trinajstić information content (AvgIpc) is 2.64. The van der Waals surface area contributed by atoms with Gasteiger partial charge in [-0.15, -0.1) is 0 Å². The van der Waals surface area contributed by atoms with Crippen molar-refractivity contribution in [3.05, 3.63) is 70.8 Å². The number of ether oxygens (including phenoxy) is 1. The molecule has 2 rings (SSSR count). The van der Waals surface area contributed by atoms with E-state index in [-0.39, 0.29) is 0 Å². The molecule has 0 saturated heterocycles. The molecule has 0 aliphatic carbocycles. The molecule has 142 valence electrons. The SMILES string of the molecule is CCCSCc1ccc(COCc2ccc(CSCC(C)C)cc2)cc1. The molecule has 2 aromatic carbocycles. The summed E-state index contributed by atoms with van der Waals surface area (Å²) in [6.45, 7) is 8.12. The van der Waals surface area contributed by atoms with E-state index in [0.29, 0.717) is 13.2 Å². The van der Waals surface area contributed by atoms with Crippen molar-refractivity contribution in [2.24, 2.45) is 5.92 Å². The lowest BCUT2D eigenvalue weighted by Crippen LogP contribution is -1.95. The lowest BCUT2D eigenvalue weighted by molar-refractivity contribution is 0.107. The number of benzene rings is 2. The van der Waals surface area contributed by atoms with Crippen molar-refractivity contribution in [2.45, 2.75) is 51.9 Å². The fourth-order valence-electron chi connectivity index (χ4n) is 2.50. The van der Waals surface area contributed by atoms with E-state index in [4.69, 9.17) is 4.74 Å². The lowest BCUT2D eigenvalue weighted by atomic mass is 10.1. The Kier molecular flexibility index (Phi) is 10.3. The molecule has 0 aliphatic rings. The Labute approximate surface area is 168 Å². The Morgan fingerprint density at radius 2 is 1.19 bits per heavy atom. The second-order valence-corrected chi connectivity index (χ2v) is 9.22. The Hall–Kier alpha value is -0.900. The molecule has 0 amide bonds. The van der Waals surface area contributed by atoms with Crippen LogP contribution in [0.1, 0.15) is 49.4 Å². The van der Waals surface area contributed by atoms with Crippen LogP contribution in [-0.4, -0.2) is 11.5 Å². The van der Waals surface area contributed by atoms with Crippen LogP contribution in [0.5, 0.6) is 0 Å². The second kappa shape index (κ2) is 12.5. The monoisotopic (exact) mass is 388 g/mol. The zero-order chi connectivity index (χ0) is 18.6. The maximum Gasteiger partial charge on any atom is 0.0721 e. The Morgan fingerprint density at radius 1 is 0.731 bits per heavy atom. The molecular weight excluding hydrogens is 356 g/mol. The molecule has 0 atom stereocenters. The minimum atomic E-state index is 0.674. The highest BCUT2D eigenvalue weighted by Crippen LogP contribution is 2.17. The maximum absolute atomic E-state index is 5.89. The predicted octanol–water partition coefficient (Wildman–Crippen LogP) is 6.94. The topological polar surface area (TPSA) is 9.23 Å². The average molecular weight is 389 g/mol. The number of thioether (sulfide) groups is 2. The van der Waals surface area contributed by atoms with Gasteiger partial charge in [0.15, 0.2) is 0 Å². The van der Waals surface area contributed by atoms with Crippen LogP contribution in [0.15, 0.2) is 48.5 Å². The van der Waals surface area contributed by atoms with Crippen LogP contribution in [0.3, 0.4) is 0 Å². The largest absolute Gasteiger partial charge is 0.372 e. The van der Waals surface area contributed by atoms with Crippen LogP contribution in [0.2, 0.25) is 0 Å². The molecule has 0 unspecified atom stereocenters. The summed E-state index contributed by atoms with van der Waals surface area (Å²) in [5, 5.41) is 0. The zero-order valence-electron chi connectivity index (χ0n) is 16.4. The van der Waals surface area contributed by atoms with E-state index in [1.165, 1.54) is 40.2 Å². The second-order valence-electron chi connectivity index (χ2n) is 7.09. The minimum Gasteiger partial charge on any atom is -0.372 e. The summed E-state index contributed by atoms with van der Waals surface area (Å²) < 4.78 is 5.89. The van der Waals surface area contributed by atoms with Crippen LogP contribution in [0, 0.1) is 5.92 Å². The van der Waals surface area contributed by atoms with Crippen molar-refractivity contribution in [1.82, 2.24) is 0 Å². The van der Waals surface area contributed by atoms with Crippen molar-refractivity contribution < 1.29 is 4.74 Å². The lowest BCUT2D eigenvalue weighted by Gasteiger charge is -2.08. The highest BCUT2D eigenvalue weighted by atomic mass is 32.2. The van der Waals surface area contributed by atoms with Gasteiger partial charge in [-0.1, -0.05) is 69.3 Å². The molecular formula is C23H32OS2. The van der Waals surface area contributed by atoms with E-state index in [0.717, 1.165) is 17.4 Å². The van der Waals surface area contributed by atoms with Crippen molar-refractivity contribution in [1.29, 1.82) is 0 Å². The van der Waals surface area contributed by atoms with Gasteiger partial charge in [0.25, 0.3) is 0 Å². The molecule has 0 radical (unpaired) electrons. The van der Waals surface area contributed by atoms with E-state index >= 15 is 0 Å². The Morgan fingerprint density at radius 3 is 1.65 bits per heavy atom. The summed E-state index contributed by atoms with van der Waals surface area (Å²) in [4.78, 5) is 0. The predicted molar refractivity (Wildman–Crippen MR) is 119 cm³/mol. The molecule has 0 fully saturated rings. The van der Waals surface area contributed by atoms with Crippen molar-refractivity contribution in [3.63, 3.8) is 0 Å². The fourth-order valence-corrected chi connectivity index (χ4v) is 4.38. The van der Waals surface area contributed by atoms with Gasteiger partial charge in [-0.2, -0.15) is 23.5 Å². The quantitative estimate of drug-likeness (QED) is 0.365. The Bertz CT molecular complexity index is 605. The summed E-state index contributed by atoms with van der Waals surface area (Å²) in [7, 11) is 0. The first-order chi connectivity index (χ1) is 12.7. The summed E-state index contributed by atoms with van der Waals surface area (Å²) >= 11 is 4.01. The van der Waals surface area contributed by atoms with Crippen LogP contribution in [0.25, 0.3) is 0 Å². The fraction of sp³-hybridized carbons (Fsp3) is 0.478. The third kappa shape index (κ3) is 8.66. The van der Waals surface area contributed by atoms with Gasteiger partial charge >= 0.3 is 0 Å². The summed E-state index contributed by atoms with van der Waals surface area (Å²) in [6, 6.07) is 17.7. The van der Waals surface area contributed by atoms with Gasteiger partial charge in [0, 0.05) is 11.5 Å². The molecule has 26 heavy (non-hydrogen) atoms. The number of hydrogen-bond donors (Lipinski definition) is 0. The van der Waals surface area contributed by atoms with Gasteiger partial charge in [-0.25, -0.2) is 0 Å². The molecule has 0 N–H and O–H groups in total. The van der Waals surface area contributed by atoms with Gasteiger partial charge in [0.1, 0.15) is 0 Å². The van der Waals surface area contributed by atoms with E-state index in [1.54, 1.807) is 0 Å². The minimum absolute atomic E-state index is 0.674. The molecule has 0 bridgehead atoms. The molecule has 0 saturated carbocycles. The molecule has 0 aliphatic heterocycles. The third-order valence-corrected chi connectivity index (χ3v) is 6.59. The smallest absolute Gasteiger partial charge is 0.0721 e. The number of hydrogen-bond acceptors (Lipinski definition) is 3. The number of rotatable bonds is 12. The van der Waals surface area contributed by atoms with E-state index in [9.17, 15) is 0 Å². The normalized spacial score (nSPS) is 11.2. The summed E-state index contributed by atoms with van der Waals surface area (Å²) in [5.41, 5.74) is 5.29. The van der Waals surface area contributed by atoms with Crippen LogP contribution >= 0.6 is 23.5 Å². The molecule has 1 nitrogen and oxygen atoms in total.